The van der Waals surface area contributed by atoms with Crippen molar-refractivity contribution in [3.05, 3.63) is 88.7 Å². The highest BCUT2D eigenvalue weighted by atomic mass is 16.5. The molecular formula is C32H32N8O3. The molecule has 6 rings (SSSR count). The maximum absolute atomic E-state index is 12.7. The molecule has 0 aliphatic carbocycles. The number of benzene rings is 2. The second kappa shape index (κ2) is 12.4. The maximum atomic E-state index is 12.7. The smallest absolute Gasteiger partial charge is 0.323 e. The zero-order valence-corrected chi connectivity index (χ0v) is 23.8. The molecule has 1 fully saturated rings. The number of nitrogens with zero attached hydrogens (tertiary/aromatic N) is 4. The number of carbonyl (C=O) groups excluding carboxylic acids is 2. The minimum atomic E-state index is -0.350. The number of morpholine rings is 1. The van der Waals surface area contributed by atoms with E-state index in [0.717, 1.165) is 50.7 Å². The second-order valence-corrected chi connectivity index (χ2v) is 10.4. The Hall–Kier alpha value is -5.18. The number of carbonyl (C=O) groups is 2. The van der Waals surface area contributed by atoms with Crippen LogP contribution in [0, 0.1) is 11.8 Å². The molecule has 0 radical (unpaired) electrons. The van der Waals surface area contributed by atoms with E-state index in [1.165, 1.54) is 5.56 Å². The lowest BCUT2D eigenvalue weighted by atomic mass is 10.1. The fraction of sp³-hybridized carbons (Fsp3) is 0.250. The van der Waals surface area contributed by atoms with Crippen LogP contribution in [-0.4, -0.2) is 64.2 Å². The van der Waals surface area contributed by atoms with Gasteiger partial charge in [-0.1, -0.05) is 30.0 Å². The SMILES string of the molecule is Cn1c(-c2nc(N)ncc2C#Cc2cccc(NC(=O)Nc3ccc(CN4CCOCC4)cc3)c2)cc2c1CCNC2=O. The summed E-state index contributed by atoms with van der Waals surface area (Å²) in [5.74, 6) is 6.30. The third-order valence-electron chi connectivity index (χ3n) is 7.48. The average Bonchev–Trinajstić information content (AvgIpc) is 3.35. The molecule has 1 saturated heterocycles. The molecule has 0 atom stereocenters. The second-order valence-electron chi connectivity index (χ2n) is 10.4. The number of nitrogens with two attached hydrogens (primary N) is 1. The Balaban J connectivity index is 1.14. The Morgan fingerprint density at radius 3 is 2.65 bits per heavy atom. The molecule has 0 bridgehead atoms. The Bertz CT molecular complexity index is 1730. The van der Waals surface area contributed by atoms with Gasteiger partial charge in [0.25, 0.3) is 5.91 Å². The first kappa shape index (κ1) is 28.0. The monoisotopic (exact) mass is 576 g/mol. The number of urea groups is 1. The summed E-state index contributed by atoms with van der Waals surface area (Å²) in [6, 6.07) is 16.6. The lowest BCUT2D eigenvalue weighted by Gasteiger charge is -2.26. The van der Waals surface area contributed by atoms with Gasteiger partial charge in [-0.2, -0.15) is 0 Å². The van der Waals surface area contributed by atoms with Gasteiger partial charge >= 0.3 is 6.03 Å². The third kappa shape index (κ3) is 6.51. The molecule has 2 aliphatic rings. The van der Waals surface area contributed by atoms with Crippen molar-refractivity contribution in [2.75, 3.05) is 49.2 Å². The van der Waals surface area contributed by atoms with E-state index in [-0.39, 0.29) is 17.9 Å². The van der Waals surface area contributed by atoms with Crippen molar-refractivity contribution in [2.24, 2.45) is 7.05 Å². The quantitative estimate of drug-likeness (QED) is 0.268. The van der Waals surface area contributed by atoms with Crippen LogP contribution in [0.2, 0.25) is 0 Å². The number of ether oxygens (including phenoxy) is 1. The van der Waals surface area contributed by atoms with Crippen molar-refractivity contribution < 1.29 is 14.3 Å². The van der Waals surface area contributed by atoms with E-state index in [9.17, 15) is 9.59 Å². The van der Waals surface area contributed by atoms with Crippen LogP contribution in [0.4, 0.5) is 22.1 Å². The number of aromatic nitrogens is 3. The molecule has 11 nitrogen and oxygen atoms in total. The Morgan fingerprint density at radius 2 is 1.86 bits per heavy atom. The molecule has 43 heavy (non-hydrogen) atoms. The first-order valence-electron chi connectivity index (χ1n) is 14.1. The molecule has 4 heterocycles. The number of rotatable bonds is 5. The number of anilines is 3. The van der Waals surface area contributed by atoms with Crippen molar-refractivity contribution in [3.8, 4) is 23.2 Å². The summed E-state index contributed by atoms with van der Waals surface area (Å²) in [7, 11) is 1.91. The topological polar surface area (TPSA) is 139 Å². The summed E-state index contributed by atoms with van der Waals surface area (Å²) in [5.41, 5.74) is 12.5. The van der Waals surface area contributed by atoms with E-state index < -0.39 is 0 Å². The van der Waals surface area contributed by atoms with Gasteiger partial charge in [0, 0.05) is 68.5 Å². The number of hydrogen-bond acceptors (Lipinski definition) is 7. The van der Waals surface area contributed by atoms with Crippen LogP contribution in [0.25, 0.3) is 11.4 Å². The van der Waals surface area contributed by atoms with Crippen LogP contribution in [-0.2, 0) is 24.8 Å². The van der Waals surface area contributed by atoms with Crippen LogP contribution in [0.15, 0.2) is 60.8 Å². The lowest BCUT2D eigenvalue weighted by Crippen LogP contribution is -2.35. The molecule has 2 aromatic heterocycles. The summed E-state index contributed by atoms with van der Waals surface area (Å²) in [5, 5.41) is 8.62. The van der Waals surface area contributed by atoms with Crippen molar-refractivity contribution in [2.45, 2.75) is 13.0 Å². The number of amides is 3. The van der Waals surface area contributed by atoms with Crippen molar-refractivity contribution in [1.82, 2.24) is 24.8 Å². The van der Waals surface area contributed by atoms with Crippen LogP contribution in [0.3, 0.4) is 0 Å². The van der Waals surface area contributed by atoms with Gasteiger partial charge in [-0.25, -0.2) is 14.8 Å². The van der Waals surface area contributed by atoms with E-state index in [4.69, 9.17) is 10.5 Å². The van der Waals surface area contributed by atoms with Crippen LogP contribution in [0.1, 0.15) is 32.7 Å². The minimum Gasteiger partial charge on any atom is -0.379 e. The molecule has 11 heteroatoms. The first-order chi connectivity index (χ1) is 20.9. The fourth-order valence-electron chi connectivity index (χ4n) is 5.26. The summed E-state index contributed by atoms with van der Waals surface area (Å²) in [6.45, 7) is 4.83. The molecule has 218 valence electrons. The van der Waals surface area contributed by atoms with Crippen LogP contribution >= 0.6 is 0 Å². The van der Waals surface area contributed by atoms with Crippen molar-refractivity contribution in [1.29, 1.82) is 0 Å². The van der Waals surface area contributed by atoms with Crippen molar-refractivity contribution in [3.63, 3.8) is 0 Å². The highest BCUT2D eigenvalue weighted by Crippen LogP contribution is 2.28. The minimum absolute atomic E-state index is 0.105. The zero-order valence-electron chi connectivity index (χ0n) is 23.8. The molecule has 0 spiro atoms. The van der Waals surface area contributed by atoms with Gasteiger partial charge in [0.15, 0.2) is 0 Å². The Labute approximate surface area is 249 Å². The number of fused-ring (bicyclic) bond motifs is 1. The molecule has 5 N–H and O–H groups in total. The Kier molecular flexibility index (Phi) is 8.04. The maximum Gasteiger partial charge on any atom is 0.323 e. The first-order valence-corrected chi connectivity index (χ1v) is 14.1. The van der Waals surface area contributed by atoms with Gasteiger partial charge in [0.05, 0.1) is 30.0 Å². The van der Waals surface area contributed by atoms with E-state index >= 15 is 0 Å². The molecule has 0 saturated carbocycles. The standard InChI is InChI=1S/C32H32N8O3/c1-39-27-11-12-34-30(41)26(27)18-28(39)29-23(19-35-31(33)38-29)8-5-21-3-2-4-25(17-21)37-32(42)36-24-9-6-22(7-10-24)20-40-13-15-43-16-14-40/h2-4,6-7,9-10,17-19H,11-16,20H2,1H3,(H,34,41)(H2,33,35,38)(H2,36,37,42). The summed E-state index contributed by atoms with van der Waals surface area (Å²) in [6.07, 6.45) is 2.31. The van der Waals surface area contributed by atoms with Gasteiger partial charge in [0.2, 0.25) is 5.95 Å². The summed E-state index contributed by atoms with van der Waals surface area (Å²) < 4.78 is 7.37. The van der Waals surface area contributed by atoms with E-state index in [2.05, 4.69) is 42.7 Å². The zero-order chi connectivity index (χ0) is 29.8. The number of nitrogen functional groups attached to an aromatic ring is 1. The van der Waals surface area contributed by atoms with Gasteiger partial charge in [-0.05, 0) is 42.0 Å². The predicted molar refractivity (Wildman–Crippen MR) is 164 cm³/mol. The average molecular weight is 577 g/mol. The largest absolute Gasteiger partial charge is 0.379 e. The van der Waals surface area contributed by atoms with Gasteiger partial charge in [0.1, 0.15) is 5.69 Å². The van der Waals surface area contributed by atoms with Crippen LogP contribution < -0.4 is 21.7 Å². The highest BCUT2D eigenvalue weighted by molar-refractivity contribution is 6.00. The molecular weight excluding hydrogens is 544 g/mol. The third-order valence-corrected chi connectivity index (χ3v) is 7.48. The Morgan fingerprint density at radius 1 is 1.07 bits per heavy atom. The molecule has 2 aromatic carbocycles. The van der Waals surface area contributed by atoms with Crippen molar-refractivity contribution >= 4 is 29.3 Å². The molecule has 4 aromatic rings. The number of hydrogen-bond donors (Lipinski definition) is 4. The summed E-state index contributed by atoms with van der Waals surface area (Å²) >= 11 is 0. The van der Waals surface area contributed by atoms with E-state index in [0.29, 0.717) is 40.3 Å². The van der Waals surface area contributed by atoms with E-state index in [1.54, 1.807) is 18.3 Å². The predicted octanol–water partition coefficient (Wildman–Crippen LogP) is 3.23. The van der Waals surface area contributed by atoms with E-state index in [1.807, 2.05) is 54.1 Å². The molecule has 2 aliphatic heterocycles. The molecule has 3 amide bonds. The fourth-order valence-corrected chi connectivity index (χ4v) is 5.26. The number of nitrogens with one attached hydrogen (secondary N) is 3. The lowest BCUT2D eigenvalue weighted by molar-refractivity contribution is 0.0342. The van der Waals surface area contributed by atoms with Gasteiger partial charge < -0.3 is 31.0 Å². The van der Waals surface area contributed by atoms with Gasteiger partial charge in [-0.15, -0.1) is 0 Å². The van der Waals surface area contributed by atoms with Gasteiger partial charge in [-0.3, -0.25) is 9.69 Å². The molecule has 0 unspecified atom stereocenters. The van der Waals surface area contributed by atoms with Crippen LogP contribution in [0.5, 0.6) is 0 Å². The highest BCUT2D eigenvalue weighted by Gasteiger charge is 2.24. The normalized spacial score (nSPS) is 14.7. The summed E-state index contributed by atoms with van der Waals surface area (Å²) in [4.78, 5) is 36.0.